The van der Waals surface area contributed by atoms with Gasteiger partial charge in [0.2, 0.25) is 5.91 Å². The van der Waals surface area contributed by atoms with Crippen molar-refractivity contribution in [1.29, 1.82) is 0 Å². The third-order valence-electron chi connectivity index (χ3n) is 6.32. The van der Waals surface area contributed by atoms with E-state index in [9.17, 15) is 9.59 Å². The monoisotopic (exact) mass is 588 g/mol. The van der Waals surface area contributed by atoms with E-state index in [2.05, 4.69) is 12.2 Å². The minimum absolute atomic E-state index is 0.0692. The number of thiazole rings is 1. The second kappa shape index (κ2) is 12.2. The Hall–Kier alpha value is -3.73. The Morgan fingerprint density at radius 1 is 1.00 bits per heavy atom. The first-order valence-electron chi connectivity index (χ1n) is 12.9. The highest BCUT2D eigenvalue weighted by Crippen LogP contribution is 2.31. The summed E-state index contributed by atoms with van der Waals surface area (Å²) in [6, 6.07) is 22.9. The number of thioether (sulfide) groups is 1. The third kappa shape index (κ3) is 5.60. The van der Waals surface area contributed by atoms with Crippen molar-refractivity contribution in [2.45, 2.75) is 32.3 Å². The van der Waals surface area contributed by atoms with Gasteiger partial charge in [0.15, 0.2) is 14.8 Å². The van der Waals surface area contributed by atoms with Crippen LogP contribution in [0.5, 0.6) is 5.75 Å². The summed E-state index contributed by atoms with van der Waals surface area (Å²) >= 11 is 8.16. The van der Waals surface area contributed by atoms with Gasteiger partial charge in [-0.15, -0.1) is 0 Å². The van der Waals surface area contributed by atoms with Crippen LogP contribution >= 0.6 is 35.3 Å². The molecule has 1 N–H and O–H groups in total. The Balaban J connectivity index is 1.60. The van der Waals surface area contributed by atoms with Crippen LogP contribution in [0.25, 0.3) is 21.7 Å². The lowest BCUT2D eigenvalue weighted by atomic mass is 10.1. The number of anilines is 1. The number of nitrogens with one attached hydrogen (secondary N) is 1. The SMILES string of the molecule is CCOc1ccccc1-n1c(=S)sc2c(=O)n(-c3ccccc3C)c(SCC(=O)Nc3ccc(CC)cc3)nc21. The van der Waals surface area contributed by atoms with E-state index in [1.54, 1.807) is 9.13 Å². The minimum Gasteiger partial charge on any atom is -0.492 e. The van der Waals surface area contributed by atoms with E-state index < -0.39 is 0 Å². The Labute approximate surface area is 245 Å². The first-order chi connectivity index (χ1) is 19.4. The Morgan fingerprint density at radius 3 is 2.40 bits per heavy atom. The van der Waals surface area contributed by atoms with Crippen LogP contribution in [-0.4, -0.2) is 32.4 Å². The molecule has 0 atom stereocenters. The van der Waals surface area contributed by atoms with Crippen molar-refractivity contribution < 1.29 is 9.53 Å². The van der Waals surface area contributed by atoms with Crippen molar-refractivity contribution in [3.8, 4) is 17.1 Å². The standard InChI is InChI=1S/C30H28N4O3S3/c1-4-20-14-16-21(17-15-20)31-25(35)18-39-29-32-27-26(28(36)34(29)22-11-7-6-10-19(22)3)40-30(38)33(27)23-12-8-9-13-24(23)37-5-2/h6-17H,4-5,18H2,1-3H3,(H,31,35). The predicted molar refractivity (Wildman–Crippen MR) is 166 cm³/mol. The second-order valence-electron chi connectivity index (χ2n) is 8.97. The van der Waals surface area contributed by atoms with Gasteiger partial charge in [-0.2, -0.15) is 0 Å². The predicted octanol–water partition coefficient (Wildman–Crippen LogP) is 6.97. The lowest BCUT2D eigenvalue weighted by molar-refractivity contribution is -0.113. The molecular formula is C30H28N4O3S3. The fraction of sp³-hybridized carbons (Fsp3) is 0.200. The van der Waals surface area contributed by atoms with Crippen molar-refractivity contribution in [2.24, 2.45) is 0 Å². The van der Waals surface area contributed by atoms with Crippen LogP contribution in [0.15, 0.2) is 82.7 Å². The van der Waals surface area contributed by atoms with Gasteiger partial charge in [0, 0.05) is 5.69 Å². The number of hydrogen-bond donors (Lipinski definition) is 1. The molecule has 0 aliphatic carbocycles. The molecule has 0 spiro atoms. The fourth-order valence-electron chi connectivity index (χ4n) is 4.34. The smallest absolute Gasteiger partial charge is 0.278 e. The van der Waals surface area contributed by atoms with Crippen LogP contribution in [0.2, 0.25) is 0 Å². The third-order valence-corrected chi connectivity index (χ3v) is 8.61. The molecule has 0 bridgehead atoms. The number of aromatic nitrogens is 3. The van der Waals surface area contributed by atoms with Crippen LogP contribution < -0.4 is 15.6 Å². The fourth-order valence-corrected chi connectivity index (χ4v) is 6.43. The highest BCUT2D eigenvalue weighted by molar-refractivity contribution is 7.99. The topological polar surface area (TPSA) is 78.1 Å². The number of ether oxygens (including phenoxy) is 1. The normalized spacial score (nSPS) is 11.1. The molecule has 7 nitrogen and oxygen atoms in total. The molecule has 204 valence electrons. The number of carbonyl (C=O) groups is 1. The van der Waals surface area contributed by atoms with Crippen molar-refractivity contribution in [3.05, 3.63) is 98.2 Å². The van der Waals surface area contributed by atoms with E-state index in [1.165, 1.54) is 28.7 Å². The van der Waals surface area contributed by atoms with Crippen LogP contribution in [0.3, 0.4) is 0 Å². The van der Waals surface area contributed by atoms with Crippen LogP contribution in [-0.2, 0) is 11.2 Å². The minimum atomic E-state index is -0.235. The molecule has 2 heterocycles. The van der Waals surface area contributed by atoms with E-state index in [4.69, 9.17) is 21.9 Å². The number of benzene rings is 3. The van der Waals surface area contributed by atoms with Crippen molar-refractivity contribution >= 4 is 57.3 Å². The van der Waals surface area contributed by atoms with Crippen LogP contribution in [0.4, 0.5) is 5.69 Å². The average molecular weight is 589 g/mol. The lowest BCUT2D eigenvalue weighted by Crippen LogP contribution is -2.23. The number of amides is 1. The summed E-state index contributed by atoms with van der Waals surface area (Å²) in [5, 5.41) is 3.34. The largest absolute Gasteiger partial charge is 0.492 e. The van der Waals surface area contributed by atoms with E-state index >= 15 is 0 Å². The highest BCUT2D eigenvalue weighted by Gasteiger charge is 2.21. The maximum absolute atomic E-state index is 14.0. The van der Waals surface area contributed by atoms with Gasteiger partial charge in [-0.25, -0.2) is 4.98 Å². The van der Waals surface area contributed by atoms with Gasteiger partial charge in [0.25, 0.3) is 5.56 Å². The second-order valence-corrected chi connectivity index (χ2v) is 11.6. The van der Waals surface area contributed by atoms with Crippen molar-refractivity contribution in [3.63, 3.8) is 0 Å². The van der Waals surface area contributed by atoms with Gasteiger partial charge in [-0.1, -0.05) is 72.5 Å². The van der Waals surface area contributed by atoms with Gasteiger partial charge < -0.3 is 10.1 Å². The number of aryl methyl sites for hydroxylation is 2. The summed E-state index contributed by atoms with van der Waals surface area (Å²) < 4.78 is 10.1. The molecule has 5 aromatic rings. The van der Waals surface area contributed by atoms with Gasteiger partial charge in [0.1, 0.15) is 10.4 Å². The van der Waals surface area contributed by atoms with Gasteiger partial charge in [-0.05, 0) is 73.9 Å². The molecule has 0 aliphatic rings. The quantitative estimate of drug-likeness (QED) is 0.114. The zero-order valence-corrected chi connectivity index (χ0v) is 24.8. The number of para-hydroxylation sites is 3. The number of hydrogen-bond acceptors (Lipinski definition) is 7. The molecule has 0 aliphatic heterocycles. The molecule has 0 fully saturated rings. The molecule has 0 saturated heterocycles. The summed E-state index contributed by atoms with van der Waals surface area (Å²) in [4.78, 5) is 31.9. The van der Waals surface area contributed by atoms with Crippen LogP contribution in [0, 0.1) is 10.9 Å². The van der Waals surface area contributed by atoms with Gasteiger partial charge >= 0.3 is 0 Å². The average Bonchev–Trinajstić information content (AvgIpc) is 3.29. The van der Waals surface area contributed by atoms with E-state index in [0.717, 1.165) is 17.7 Å². The number of carbonyl (C=O) groups excluding carboxylic acids is 1. The Bertz CT molecular complexity index is 1810. The van der Waals surface area contributed by atoms with E-state index in [-0.39, 0.29) is 17.2 Å². The maximum Gasteiger partial charge on any atom is 0.278 e. The molecule has 0 radical (unpaired) electrons. The van der Waals surface area contributed by atoms with E-state index in [0.29, 0.717) is 43.2 Å². The Morgan fingerprint density at radius 2 is 1.70 bits per heavy atom. The molecule has 10 heteroatoms. The molecule has 40 heavy (non-hydrogen) atoms. The lowest BCUT2D eigenvalue weighted by Gasteiger charge is -2.15. The molecule has 0 unspecified atom stereocenters. The maximum atomic E-state index is 14.0. The summed E-state index contributed by atoms with van der Waals surface area (Å²) in [7, 11) is 0. The van der Waals surface area contributed by atoms with E-state index in [1.807, 2.05) is 86.6 Å². The number of fused-ring (bicyclic) bond motifs is 1. The summed E-state index contributed by atoms with van der Waals surface area (Å²) in [6.45, 7) is 6.43. The molecule has 5 rings (SSSR count). The first kappa shape index (κ1) is 27.8. The first-order valence-corrected chi connectivity index (χ1v) is 15.1. The number of rotatable bonds is 9. The number of nitrogens with zero attached hydrogens (tertiary/aromatic N) is 3. The van der Waals surface area contributed by atoms with Crippen molar-refractivity contribution in [2.75, 3.05) is 17.7 Å². The molecular weight excluding hydrogens is 561 g/mol. The molecule has 0 saturated carbocycles. The van der Waals surface area contributed by atoms with Crippen molar-refractivity contribution in [1.82, 2.24) is 14.1 Å². The molecule has 2 aromatic heterocycles. The zero-order chi connectivity index (χ0) is 28.2. The zero-order valence-electron chi connectivity index (χ0n) is 22.3. The van der Waals surface area contributed by atoms with Crippen LogP contribution in [0.1, 0.15) is 25.0 Å². The summed E-state index contributed by atoms with van der Waals surface area (Å²) in [6.07, 6.45) is 0.929. The molecule has 1 amide bonds. The highest BCUT2D eigenvalue weighted by atomic mass is 32.2. The summed E-state index contributed by atoms with van der Waals surface area (Å²) in [5.74, 6) is 0.525. The van der Waals surface area contributed by atoms with Gasteiger partial charge in [-0.3, -0.25) is 18.7 Å². The Kier molecular flexibility index (Phi) is 8.49. The van der Waals surface area contributed by atoms with Gasteiger partial charge in [0.05, 0.1) is 23.7 Å². The summed E-state index contributed by atoms with van der Waals surface area (Å²) in [5.41, 5.74) is 4.46. The molecule has 3 aromatic carbocycles.